The smallest absolute Gasteiger partial charge is 0.00958 e. The van der Waals surface area contributed by atoms with Crippen molar-refractivity contribution >= 4 is 0 Å². The molecular weight excluding hydrogens is 194 g/mol. The first kappa shape index (κ1) is 11.1. The van der Waals surface area contributed by atoms with Crippen LogP contribution in [0, 0.1) is 23.2 Å². The summed E-state index contributed by atoms with van der Waals surface area (Å²) in [6, 6.07) is 0.515. The van der Waals surface area contributed by atoms with Crippen molar-refractivity contribution in [3.05, 3.63) is 0 Å². The van der Waals surface area contributed by atoms with E-state index in [0.29, 0.717) is 11.5 Å². The Morgan fingerprint density at radius 3 is 2.00 bits per heavy atom. The largest absolute Gasteiger partial charge is 0.327 e. The van der Waals surface area contributed by atoms with Crippen molar-refractivity contribution in [3.63, 3.8) is 0 Å². The molecule has 0 amide bonds. The Labute approximate surface area is 100 Å². The minimum Gasteiger partial charge on any atom is -0.327 e. The summed E-state index contributed by atoms with van der Waals surface area (Å²) in [7, 11) is 0. The van der Waals surface area contributed by atoms with Crippen LogP contribution in [0.5, 0.6) is 0 Å². The van der Waals surface area contributed by atoms with E-state index in [1.54, 1.807) is 19.3 Å². The molecule has 92 valence electrons. The minimum atomic E-state index is 0.515. The van der Waals surface area contributed by atoms with Crippen LogP contribution >= 0.6 is 0 Å². The standard InChI is InChI=1S/C15H27N/c1-2-3-4-14(16)15-8-11-5-12(9-15)7-13(6-11)10-15/h11-14H,2-10,16H2,1H3. The van der Waals surface area contributed by atoms with Crippen LogP contribution in [0.15, 0.2) is 0 Å². The highest BCUT2D eigenvalue weighted by atomic mass is 14.7. The zero-order chi connectivity index (χ0) is 11.2. The lowest BCUT2D eigenvalue weighted by Gasteiger charge is -2.59. The summed E-state index contributed by atoms with van der Waals surface area (Å²) >= 11 is 0. The maximum atomic E-state index is 6.56. The third-order valence-corrected chi connectivity index (χ3v) is 5.74. The molecule has 4 rings (SSSR count). The molecule has 0 heterocycles. The molecule has 4 fully saturated rings. The number of hydrogen-bond donors (Lipinski definition) is 1. The highest BCUT2D eigenvalue weighted by Gasteiger charge is 2.52. The molecule has 0 aromatic carbocycles. The van der Waals surface area contributed by atoms with Gasteiger partial charge >= 0.3 is 0 Å². The second kappa shape index (κ2) is 4.01. The second-order valence-electron chi connectivity index (χ2n) is 7.03. The lowest BCUT2D eigenvalue weighted by molar-refractivity contribution is -0.0684. The summed E-state index contributed by atoms with van der Waals surface area (Å²) in [5.41, 5.74) is 7.15. The molecule has 1 atom stereocenters. The van der Waals surface area contributed by atoms with Crippen molar-refractivity contribution in [3.8, 4) is 0 Å². The average Bonchev–Trinajstić information content (AvgIpc) is 2.24. The second-order valence-corrected chi connectivity index (χ2v) is 7.03. The predicted octanol–water partition coefficient (Wildman–Crippen LogP) is 3.72. The summed E-state index contributed by atoms with van der Waals surface area (Å²) in [6.45, 7) is 2.28. The van der Waals surface area contributed by atoms with E-state index < -0.39 is 0 Å². The SMILES string of the molecule is CCCCC(N)C12CC3CC(CC(C3)C1)C2. The van der Waals surface area contributed by atoms with Crippen LogP contribution in [-0.4, -0.2) is 6.04 Å². The molecule has 0 aromatic rings. The van der Waals surface area contributed by atoms with E-state index in [4.69, 9.17) is 5.73 Å². The Morgan fingerprint density at radius 2 is 1.56 bits per heavy atom. The summed E-state index contributed by atoms with van der Waals surface area (Å²) < 4.78 is 0. The van der Waals surface area contributed by atoms with Crippen LogP contribution in [-0.2, 0) is 0 Å². The molecule has 0 saturated heterocycles. The van der Waals surface area contributed by atoms with Gasteiger partial charge in [0.25, 0.3) is 0 Å². The molecular formula is C15H27N. The molecule has 4 aliphatic carbocycles. The zero-order valence-corrected chi connectivity index (χ0v) is 10.8. The van der Waals surface area contributed by atoms with Gasteiger partial charge in [-0.05, 0) is 68.1 Å². The number of unbranched alkanes of at least 4 members (excludes halogenated alkanes) is 1. The van der Waals surface area contributed by atoms with Crippen molar-refractivity contribution in [2.45, 2.75) is 70.8 Å². The Bertz CT molecular complexity index is 223. The predicted molar refractivity (Wildman–Crippen MR) is 68.1 cm³/mol. The Morgan fingerprint density at radius 1 is 1.06 bits per heavy atom. The van der Waals surface area contributed by atoms with Gasteiger partial charge in [-0.1, -0.05) is 19.8 Å². The van der Waals surface area contributed by atoms with Crippen LogP contribution in [0.1, 0.15) is 64.7 Å². The van der Waals surface area contributed by atoms with Crippen molar-refractivity contribution in [1.29, 1.82) is 0 Å². The number of rotatable bonds is 4. The van der Waals surface area contributed by atoms with E-state index in [1.165, 1.54) is 38.5 Å². The quantitative estimate of drug-likeness (QED) is 0.769. The van der Waals surface area contributed by atoms with Gasteiger partial charge in [-0.15, -0.1) is 0 Å². The molecule has 4 bridgehead atoms. The maximum Gasteiger partial charge on any atom is 0.00958 e. The molecule has 1 unspecified atom stereocenters. The normalized spacial score (nSPS) is 47.2. The monoisotopic (exact) mass is 221 g/mol. The molecule has 0 aliphatic heterocycles. The van der Waals surface area contributed by atoms with Gasteiger partial charge < -0.3 is 5.73 Å². The summed E-state index contributed by atoms with van der Waals surface area (Å²) in [4.78, 5) is 0. The van der Waals surface area contributed by atoms with E-state index in [2.05, 4.69) is 6.92 Å². The van der Waals surface area contributed by atoms with Crippen LogP contribution in [0.3, 0.4) is 0 Å². The molecule has 16 heavy (non-hydrogen) atoms. The highest BCUT2D eigenvalue weighted by molar-refractivity contribution is 5.05. The van der Waals surface area contributed by atoms with Gasteiger partial charge in [-0.25, -0.2) is 0 Å². The van der Waals surface area contributed by atoms with E-state index in [0.717, 1.165) is 17.8 Å². The van der Waals surface area contributed by atoms with Crippen LogP contribution in [0.2, 0.25) is 0 Å². The molecule has 1 nitrogen and oxygen atoms in total. The van der Waals surface area contributed by atoms with Gasteiger partial charge in [-0.2, -0.15) is 0 Å². The van der Waals surface area contributed by atoms with E-state index >= 15 is 0 Å². The van der Waals surface area contributed by atoms with Crippen molar-refractivity contribution in [2.75, 3.05) is 0 Å². The fraction of sp³-hybridized carbons (Fsp3) is 1.00. The van der Waals surface area contributed by atoms with Crippen molar-refractivity contribution in [1.82, 2.24) is 0 Å². The first-order valence-corrected chi connectivity index (χ1v) is 7.47. The summed E-state index contributed by atoms with van der Waals surface area (Å²) in [6.07, 6.45) is 13.0. The third-order valence-electron chi connectivity index (χ3n) is 5.74. The average molecular weight is 221 g/mol. The van der Waals surface area contributed by atoms with Gasteiger partial charge in [0.15, 0.2) is 0 Å². The highest BCUT2D eigenvalue weighted by Crippen LogP contribution is 2.61. The summed E-state index contributed by atoms with van der Waals surface area (Å²) in [5, 5.41) is 0. The fourth-order valence-corrected chi connectivity index (χ4v) is 5.36. The van der Waals surface area contributed by atoms with E-state index in [1.807, 2.05) is 0 Å². The molecule has 1 heteroatoms. The van der Waals surface area contributed by atoms with E-state index in [9.17, 15) is 0 Å². The first-order valence-electron chi connectivity index (χ1n) is 7.47. The maximum absolute atomic E-state index is 6.56. The molecule has 2 N–H and O–H groups in total. The third kappa shape index (κ3) is 1.72. The topological polar surface area (TPSA) is 26.0 Å². The Kier molecular flexibility index (Phi) is 2.78. The number of hydrogen-bond acceptors (Lipinski definition) is 1. The van der Waals surface area contributed by atoms with E-state index in [-0.39, 0.29) is 0 Å². The summed E-state index contributed by atoms with van der Waals surface area (Å²) in [5.74, 6) is 3.16. The molecule has 0 spiro atoms. The van der Waals surface area contributed by atoms with Crippen LogP contribution in [0.25, 0.3) is 0 Å². The van der Waals surface area contributed by atoms with Crippen LogP contribution in [0.4, 0.5) is 0 Å². The Balaban J connectivity index is 1.72. The fourth-order valence-electron chi connectivity index (χ4n) is 5.36. The molecule has 0 aromatic heterocycles. The van der Waals surface area contributed by atoms with Crippen LogP contribution < -0.4 is 5.73 Å². The first-order chi connectivity index (χ1) is 7.72. The van der Waals surface area contributed by atoms with Gasteiger partial charge in [0.05, 0.1) is 0 Å². The van der Waals surface area contributed by atoms with Gasteiger partial charge in [-0.3, -0.25) is 0 Å². The molecule has 4 saturated carbocycles. The lowest BCUT2D eigenvalue weighted by atomic mass is 9.47. The molecule has 4 aliphatic rings. The Hall–Kier alpha value is -0.0400. The zero-order valence-electron chi connectivity index (χ0n) is 10.8. The molecule has 0 radical (unpaired) electrons. The van der Waals surface area contributed by atoms with Gasteiger partial charge in [0.1, 0.15) is 0 Å². The van der Waals surface area contributed by atoms with Crippen molar-refractivity contribution < 1.29 is 0 Å². The number of nitrogens with two attached hydrogens (primary N) is 1. The van der Waals surface area contributed by atoms with Gasteiger partial charge in [0, 0.05) is 6.04 Å². The minimum absolute atomic E-state index is 0.515. The van der Waals surface area contributed by atoms with Crippen molar-refractivity contribution in [2.24, 2.45) is 28.9 Å². The lowest BCUT2D eigenvalue weighted by Crippen LogP contribution is -2.54. The van der Waals surface area contributed by atoms with Gasteiger partial charge in [0.2, 0.25) is 0 Å².